The monoisotopic (exact) mass is 294 g/mol. The Kier molecular flexibility index (Phi) is 4.29. The summed E-state index contributed by atoms with van der Waals surface area (Å²) < 4.78 is 19.8. The maximum Gasteiger partial charge on any atom is 0.225 e. The van der Waals surface area contributed by atoms with Gasteiger partial charge in [0, 0.05) is 10.0 Å². The topological polar surface area (TPSA) is 9.23 Å². The number of benzene rings is 2. The molecule has 0 fully saturated rings. The number of alkyl halides is 1. The average Bonchev–Trinajstić information content (AvgIpc) is 2.38. The zero-order valence-corrected chi connectivity index (χ0v) is 10.7. The molecule has 0 spiro atoms. The zero-order chi connectivity index (χ0) is 12.1. The van der Waals surface area contributed by atoms with E-state index in [0.717, 1.165) is 10.0 Å². The van der Waals surface area contributed by atoms with Crippen LogP contribution in [0.25, 0.3) is 0 Å². The molecular weight excluding hydrogens is 283 g/mol. The lowest BCUT2D eigenvalue weighted by Crippen LogP contribution is -1.98. The molecule has 0 aromatic heterocycles. The third-order valence-corrected chi connectivity index (χ3v) is 2.90. The number of ether oxygens (including phenoxy) is 1. The van der Waals surface area contributed by atoms with E-state index < -0.39 is 6.36 Å². The summed E-state index contributed by atoms with van der Waals surface area (Å²) in [5.41, 5.74) is 1.50. The molecule has 2 aromatic rings. The van der Waals surface area contributed by atoms with Crippen molar-refractivity contribution < 1.29 is 9.13 Å². The molecule has 0 N–H and O–H groups in total. The summed E-state index contributed by atoms with van der Waals surface area (Å²) in [6, 6.07) is 16.6. The lowest BCUT2D eigenvalue weighted by atomic mass is 10.2. The lowest BCUT2D eigenvalue weighted by molar-refractivity contribution is -0.0516. The van der Waals surface area contributed by atoms with Crippen molar-refractivity contribution in [2.45, 2.75) is 13.0 Å². The van der Waals surface area contributed by atoms with Crippen molar-refractivity contribution in [1.29, 1.82) is 0 Å². The summed E-state index contributed by atoms with van der Waals surface area (Å²) in [4.78, 5) is 0. The summed E-state index contributed by atoms with van der Waals surface area (Å²) in [5.74, 6) is 0. The highest BCUT2D eigenvalue weighted by Gasteiger charge is 2.09. The molecule has 0 bridgehead atoms. The first-order chi connectivity index (χ1) is 8.25. The predicted molar refractivity (Wildman–Crippen MR) is 69.2 cm³/mol. The van der Waals surface area contributed by atoms with Crippen LogP contribution in [0.3, 0.4) is 0 Å². The Labute approximate surface area is 108 Å². The molecule has 2 aromatic carbocycles. The SMILES string of the molecule is FC(OCc1ccccc1)c1ccc(Br)cc1. The van der Waals surface area contributed by atoms with Gasteiger partial charge in [-0.15, -0.1) is 0 Å². The standard InChI is InChI=1S/C14H12BrFO/c15-13-8-6-12(7-9-13)14(16)17-10-11-4-2-1-3-5-11/h1-9,14H,10H2. The van der Waals surface area contributed by atoms with Crippen LogP contribution in [0.4, 0.5) is 4.39 Å². The smallest absolute Gasteiger partial charge is 0.225 e. The van der Waals surface area contributed by atoms with Gasteiger partial charge in [0.05, 0.1) is 6.61 Å². The first kappa shape index (κ1) is 12.3. The first-order valence-corrected chi connectivity index (χ1v) is 6.10. The molecule has 0 saturated carbocycles. The summed E-state index contributed by atoms with van der Waals surface area (Å²) in [6.07, 6.45) is -1.39. The number of halogens is 2. The number of hydrogen-bond acceptors (Lipinski definition) is 1. The summed E-state index contributed by atoms with van der Waals surface area (Å²) in [7, 11) is 0. The van der Waals surface area contributed by atoms with E-state index >= 15 is 0 Å². The van der Waals surface area contributed by atoms with E-state index in [-0.39, 0.29) is 6.61 Å². The van der Waals surface area contributed by atoms with E-state index in [9.17, 15) is 4.39 Å². The summed E-state index contributed by atoms with van der Waals surface area (Å²) >= 11 is 3.31. The Morgan fingerprint density at radius 2 is 1.65 bits per heavy atom. The molecule has 2 rings (SSSR count). The van der Waals surface area contributed by atoms with Crippen molar-refractivity contribution >= 4 is 15.9 Å². The fraction of sp³-hybridized carbons (Fsp3) is 0.143. The number of rotatable bonds is 4. The van der Waals surface area contributed by atoms with Crippen molar-refractivity contribution in [3.05, 3.63) is 70.2 Å². The van der Waals surface area contributed by atoms with Gasteiger partial charge in [0.2, 0.25) is 6.36 Å². The Bertz CT molecular complexity index is 455. The lowest BCUT2D eigenvalue weighted by Gasteiger charge is -2.10. The molecule has 3 heteroatoms. The average molecular weight is 295 g/mol. The molecule has 0 amide bonds. The summed E-state index contributed by atoms with van der Waals surface area (Å²) in [6.45, 7) is 0.276. The molecule has 1 nitrogen and oxygen atoms in total. The van der Waals surface area contributed by atoms with Gasteiger partial charge in [0.1, 0.15) is 0 Å². The Morgan fingerprint density at radius 3 is 2.29 bits per heavy atom. The van der Waals surface area contributed by atoms with Gasteiger partial charge in [-0.25, -0.2) is 4.39 Å². The van der Waals surface area contributed by atoms with Gasteiger partial charge in [-0.2, -0.15) is 0 Å². The van der Waals surface area contributed by atoms with E-state index in [1.807, 2.05) is 30.3 Å². The molecule has 1 atom stereocenters. The molecule has 0 aliphatic rings. The molecule has 0 aliphatic heterocycles. The van der Waals surface area contributed by atoms with Crippen LogP contribution < -0.4 is 0 Å². The van der Waals surface area contributed by atoms with Crippen LogP contribution in [0.5, 0.6) is 0 Å². The second-order valence-electron chi connectivity index (χ2n) is 3.66. The van der Waals surface area contributed by atoms with Gasteiger partial charge in [-0.05, 0) is 17.7 Å². The molecule has 0 saturated heterocycles. The highest BCUT2D eigenvalue weighted by atomic mass is 79.9. The van der Waals surface area contributed by atoms with Gasteiger partial charge >= 0.3 is 0 Å². The Balaban J connectivity index is 1.93. The van der Waals surface area contributed by atoms with Crippen molar-refractivity contribution in [1.82, 2.24) is 0 Å². The molecule has 0 radical (unpaired) electrons. The van der Waals surface area contributed by atoms with Crippen LogP contribution in [0.2, 0.25) is 0 Å². The van der Waals surface area contributed by atoms with Gasteiger partial charge < -0.3 is 4.74 Å². The summed E-state index contributed by atoms with van der Waals surface area (Å²) in [5, 5.41) is 0. The molecule has 88 valence electrons. The van der Waals surface area contributed by atoms with Gasteiger partial charge in [-0.3, -0.25) is 0 Å². The number of hydrogen-bond donors (Lipinski definition) is 0. The third-order valence-electron chi connectivity index (χ3n) is 2.37. The Hall–Kier alpha value is -1.19. The fourth-order valence-corrected chi connectivity index (χ4v) is 1.72. The molecule has 0 heterocycles. The van der Waals surface area contributed by atoms with Crippen LogP contribution in [-0.4, -0.2) is 0 Å². The minimum absolute atomic E-state index is 0.276. The van der Waals surface area contributed by atoms with Gasteiger partial charge in [0.25, 0.3) is 0 Å². The molecule has 0 aliphatic carbocycles. The first-order valence-electron chi connectivity index (χ1n) is 5.31. The third kappa shape index (κ3) is 3.65. The molecular formula is C14H12BrFO. The Morgan fingerprint density at radius 1 is 1.00 bits per heavy atom. The van der Waals surface area contributed by atoms with E-state index in [1.54, 1.807) is 24.3 Å². The van der Waals surface area contributed by atoms with E-state index in [1.165, 1.54) is 0 Å². The largest absolute Gasteiger partial charge is 0.340 e. The minimum atomic E-state index is -1.39. The second kappa shape index (κ2) is 5.94. The van der Waals surface area contributed by atoms with Gasteiger partial charge in [-0.1, -0.05) is 58.4 Å². The van der Waals surface area contributed by atoms with Crippen molar-refractivity contribution in [2.24, 2.45) is 0 Å². The van der Waals surface area contributed by atoms with Gasteiger partial charge in [0.15, 0.2) is 0 Å². The van der Waals surface area contributed by atoms with Crippen LogP contribution in [0.1, 0.15) is 17.5 Å². The van der Waals surface area contributed by atoms with Crippen molar-refractivity contribution in [2.75, 3.05) is 0 Å². The molecule has 1 unspecified atom stereocenters. The van der Waals surface area contributed by atoms with Crippen LogP contribution in [0, 0.1) is 0 Å². The zero-order valence-electron chi connectivity index (χ0n) is 9.14. The quantitative estimate of drug-likeness (QED) is 0.798. The maximum atomic E-state index is 13.7. The normalized spacial score (nSPS) is 12.4. The van der Waals surface area contributed by atoms with Crippen molar-refractivity contribution in [3.8, 4) is 0 Å². The van der Waals surface area contributed by atoms with E-state index in [0.29, 0.717) is 5.56 Å². The second-order valence-corrected chi connectivity index (χ2v) is 4.58. The maximum absolute atomic E-state index is 13.7. The van der Waals surface area contributed by atoms with Crippen LogP contribution in [0.15, 0.2) is 59.1 Å². The minimum Gasteiger partial charge on any atom is -0.340 e. The highest BCUT2D eigenvalue weighted by Crippen LogP contribution is 2.22. The van der Waals surface area contributed by atoms with E-state index in [2.05, 4.69) is 15.9 Å². The van der Waals surface area contributed by atoms with Crippen molar-refractivity contribution in [3.63, 3.8) is 0 Å². The fourth-order valence-electron chi connectivity index (χ4n) is 1.45. The predicted octanol–water partition coefficient (Wildman–Crippen LogP) is 4.63. The highest BCUT2D eigenvalue weighted by molar-refractivity contribution is 9.10. The molecule has 17 heavy (non-hydrogen) atoms. The van der Waals surface area contributed by atoms with Crippen LogP contribution >= 0.6 is 15.9 Å². The van der Waals surface area contributed by atoms with Crippen LogP contribution in [-0.2, 0) is 11.3 Å². The van der Waals surface area contributed by atoms with E-state index in [4.69, 9.17) is 4.74 Å².